The lowest BCUT2D eigenvalue weighted by atomic mass is 9.96. The summed E-state index contributed by atoms with van der Waals surface area (Å²) < 4.78 is 7.59. The van der Waals surface area contributed by atoms with Gasteiger partial charge in [0.1, 0.15) is 0 Å². The van der Waals surface area contributed by atoms with Crippen molar-refractivity contribution in [3.63, 3.8) is 0 Å². The maximum atomic E-state index is 5.44. The Kier molecular flexibility index (Phi) is 6.01. The fraction of sp³-hybridized carbons (Fsp3) is 0.524. The molecule has 0 radical (unpaired) electrons. The second-order valence-corrected chi connectivity index (χ2v) is 9.40. The van der Waals surface area contributed by atoms with Gasteiger partial charge in [-0.1, -0.05) is 62.3 Å². The molecule has 7 nitrogen and oxygen atoms in total. The minimum absolute atomic E-state index is 0.127. The van der Waals surface area contributed by atoms with E-state index >= 15 is 0 Å². The zero-order valence-corrected chi connectivity index (χ0v) is 18.2. The van der Waals surface area contributed by atoms with Crippen molar-refractivity contribution in [3.8, 4) is 5.69 Å². The van der Waals surface area contributed by atoms with Gasteiger partial charge in [0.2, 0.25) is 5.89 Å². The first-order valence-electron chi connectivity index (χ1n) is 10.2. The molecular formula is C21H28N6OS. The average Bonchev–Trinajstić information content (AvgIpc) is 3.35. The Morgan fingerprint density at radius 1 is 1.03 bits per heavy atom. The van der Waals surface area contributed by atoms with E-state index in [2.05, 4.69) is 62.7 Å². The largest absolute Gasteiger partial charge is 0.338 e. The summed E-state index contributed by atoms with van der Waals surface area (Å²) in [5.41, 5.74) is 0.950. The highest BCUT2D eigenvalue weighted by atomic mass is 32.2. The number of nitrogens with zero attached hydrogens (tertiary/aromatic N) is 6. The van der Waals surface area contributed by atoms with Crippen molar-refractivity contribution in [2.75, 3.05) is 13.1 Å². The summed E-state index contributed by atoms with van der Waals surface area (Å²) in [6.45, 7) is 9.30. The highest BCUT2D eigenvalue weighted by Crippen LogP contribution is 2.27. The lowest BCUT2D eigenvalue weighted by Crippen LogP contribution is -2.30. The maximum Gasteiger partial charge on any atom is 0.237 e. The van der Waals surface area contributed by atoms with Crippen molar-refractivity contribution in [1.82, 2.24) is 29.8 Å². The molecule has 1 fully saturated rings. The number of thioether (sulfide) groups is 1. The molecule has 1 saturated heterocycles. The second kappa shape index (κ2) is 8.67. The van der Waals surface area contributed by atoms with Crippen molar-refractivity contribution in [3.05, 3.63) is 47.9 Å². The van der Waals surface area contributed by atoms with Gasteiger partial charge in [-0.2, -0.15) is 4.98 Å². The van der Waals surface area contributed by atoms with E-state index in [4.69, 9.17) is 4.52 Å². The van der Waals surface area contributed by atoms with Gasteiger partial charge < -0.3 is 4.52 Å². The summed E-state index contributed by atoms with van der Waals surface area (Å²) in [4.78, 5) is 7.00. The number of benzene rings is 1. The van der Waals surface area contributed by atoms with Gasteiger partial charge in [0.15, 0.2) is 16.8 Å². The summed E-state index contributed by atoms with van der Waals surface area (Å²) in [6, 6.07) is 10.3. The molecule has 0 amide bonds. The smallest absolute Gasteiger partial charge is 0.237 e. The standard InChI is InChI=1S/C21H28N6OS/c1-21(2,3)19-22-18(28-25-19)15-29-20-24-23-17(14-26-12-8-5-9-13-26)27(20)16-10-6-4-7-11-16/h4,6-7,10-11H,5,8-9,12-15H2,1-3H3. The predicted octanol–water partition coefficient (Wildman–Crippen LogP) is 4.23. The van der Waals surface area contributed by atoms with E-state index in [-0.39, 0.29) is 5.41 Å². The van der Waals surface area contributed by atoms with Gasteiger partial charge >= 0.3 is 0 Å². The second-order valence-electron chi connectivity index (χ2n) is 8.46. The first-order chi connectivity index (χ1) is 14.0. The lowest BCUT2D eigenvalue weighted by Gasteiger charge is -2.26. The molecule has 4 rings (SSSR count). The van der Waals surface area contributed by atoms with Crippen LogP contribution in [0.1, 0.15) is 57.6 Å². The molecular weight excluding hydrogens is 384 g/mol. The summed E-state index contributed by atoms with van der Waals surface area (Å²) in [5, 5.41) is 14.0. The van der Waals surface area contributed by atoms with Crippen LogP contribution < -0.4 is 0 Å². The van der Waals surface area contributed by atoms with Crippen LogP contribution in [-0.4, -0.2) is 42.9 Å². The van der Waals surface area contributed by atoms with Crippen LogP contribution in [0, 0.1) is 0 Å². The van der Waals surface area contributed by atoms with Crippen molar-refractivity contribution < 1.29 is 4.52 Å². The van der Waals surface area contributed by atoms with E-state index < -0.39 is 0 Å². The van der Waals surface area contributed by atoms with Crippen LogP contribution in [0.4, 0.5) is 0 Å². The van der Waals surface area contributed by atoms with Crippen LogP contribution >= 0.6 is 11.8 Å². The zero-order valence-electron chi connectivity index (χ0n) is 17.3. The Bertz CT molecular complexity index is 924. The Balaban J connectivity index is 1.55. The van der Waals surface area contributed by atoms with Crippen molar-refractivity contribution in [1.29, 1.82) is 0 Å². The molecule has 0 aliphatic carbocycles. The van der Waals surface area contributed by atoms with Crippen LogP contribution in [0.15, 0.2) is 40.0 Å². The third kappa shape index (κ3) is 4.87. The minimum atomic E-state index is -0.127. The van der Waals surface area contributed by atoms with Crippen molar-refractivity contribution in [2.45, 2.75) is 62.9 Å². The Morgan fingerprint density at radius 3 is 2.48 bits per heavy atom. The summed E-state index contributed by atoms with van der Waals surface area (Å²) >= 11 is 1.58. The molecule has 0 bridgehead atoms. The molecule has 29 heavy (non-hydrogen) atoms. The number of aromatic nitrogens is 5. The minimum Gasteiger partial charge on any atom is -0.338 e. The summed E-state index contributed by atoms with van der Waals surface area (Å²) in [6.07, 6.45) is 3.84. The third-order valence-corrected chi connectivity index (χ3v) is 5.91. The molecule has 1 aromatic carbocycles. The molecule has 0 saturated carbocycles. The molecule has 1 aliphatic heterocycles. The van der Waals surface area contributed by atoms with Gasteiger partial charge in [-0.25, -0.2) is 0 Å². The number of rotatable bonds is 6. The van der Waals surface area contributed by atoms with Gasteiger partial charge in [-0.05, 0) is 38.1 Å². The summed E-state index contributed by atoms with van der Waals surface area (Å²) in [5.74, 6) is 2.88. The van der Waals surface area contributed by atoms with Crippen LogP contribution in [0.2, 0.25) is 0 Å². The molecule has 0 unspecified atom stereocenters. The van der Waals surface area contributed by atoms with Crippen molar-refractivity contribution >= 4 is 11.8 Å². The van der Waals surface area contributed by atoms with Crippen LogP contribution in [-0.2, 0) is 17.7 Å². The topological polar surface area (TPSA) is 72.9 Å². The molecule has 1 aliphatic rings. The van der Waals surface area contributed by atoms with Gasteiger partial charge in [0.25, 0.3) is 0 Å². The first-order valence-corrected chi connectivity index (χ1v) is 11.2. The predicted molar refractivity (Wildman–Crippen MR) is 113 cm³/mol. The van der Waals surface area contributed by atoms with E-state index in [1.807, 2.05) is 18.2 Å². The highest BCUT2D eigenvalue weighted by Gasteiger charge is 2.22. The molecule has 8 heteroatoms. The fourth-order valence-electron chi connectivity index (χ4n) is 3.39. The summed E-state index contributed by atoms with van der Waals surface area (Å²) in [7, 11) is 0. The highest BCUT2D eigenvalue weighted by molar-refractivity contribution is 7.98. The third-order valence-electron chi connectivity index (χ3n) is 4.99. The molecule has 154 valence electrons. The molecule has 2 aromatic heterocycles. The fourth-order valence-corrected chi connectivity index (χ4v) is 4.20. The lowest BCUT2D eigenvalue weighted by molar-refractivity contribution is 0.214. The normalized spacial score (nSPS) is 15.7. The average molecular weight is 413 g/mol. The van der Waals surface area contributed by atoms with Gasteiger partial charge in [0, 0.05) is 11.1 Å². The van der Waals surface area contributed by atoms with E-state index in [1.54, 1.807) is 11.8 Å². The monoisotopic (exact) mass is 412 g/mol. The molecule has 0 spiro atoms. The molecule has 3 heterocycles. The molecule has 0 atom stereocenters. The van der Waals surface area contributed by atoms with Crippen LogP contribution in [0.3, 0.4) is 0 Å². The number of likely N-dealkylation sites (tertiary alicyclic amines) is 1. The van der Waals surface area contributed by atoms with Gasteiger partial charge in [-0.15, -0.1) is 10.2 Å². The van der Waals surface area contributed by atoms with Gasteiger partial charge in [-0.3, -0.25) is 9.47 Å². The van der Waals surface area contributed by atoms with E-state index in [0.717, 1.165) is 42.1 Å². The first kappa shape index (κ1) is 20.1. The Labute approximate surface area is 175 Å². The number of piperidine rings is 1. The number of hydrogen-bond donors (Lipinski definition) is 0. The van der Waals surface area contributed by atoms with Crippen molar-refractivity contribution in [2.24, 2.45) is 0 Å². The Hall–Kier alpha value is -2.19. The molecule has 3 aromatic rings. The SMILES string of the molecule is CC(C)(C)c1noc(CSc2nnc(CN3CCCCC3)n2-c2ccccc2)n1. The quantitative estimate of drug-likeness (QED) is 0.561. The van der Waals surface area contributed by atoms with Crippen LogP contribution in [0.25, 0.3) is 5.69 Å². The number of hydrogen-bond acceptors (Lipinski definition) is 7. The maximum absolute atomic E-state index is 5.44. The zero-order chi connectivity index (χ0) is 20.3. The van der Waals surface area contributed by atoms with E-state index in [9.17, 15) is 0 Å². The molecule has 0 N–H and O–H groups in total. The number of para-hydroxylation sites is 1. The van der Waals surface area contributed by atoms with Gasteiger partial charge in [0.05, 0.1) is 12.3 Å². The van der Waals surface area contributed by atoms with E-state index in [0.29, 0.717) is 11.6 Å². The Morgan fingerprint density at radius 2 is 1.79 bits per heavy atom. The van der Waals surface area contributed by atoms with E-state index in [1.165, 1.54) is 19.3 Å². The van der Waals surface area contributed by atoms with Crippen LogP contribution in [0.5, 0.6) is 0 Å².